The van der Waals surface area contributed by atoms with Crippen molar-refractivity contribution < 1.29 is 19.4 Å². The van der Waals surface area contributed by atoms with Crippen LogP contribution < -0.4 is 5.32 Å². The Morgan fingerprint density at radius 2 is 1.93 bits per heavy atom. The zero-order valence-electron chi connectivity index (χ0n) is 17.1. The summed E-state index contributed by atoms with van der Waals surface area (Å²) in [4.78, 5) is 27.5. The maximum absolute atomic E-state index is 12.0. The van der Waals surface area contributed by atoms with Crippen molar-refractivity contribution in [2.75, 3.05) is 5.32 Å². The van der Waals surface area contributed by atoms with Crippen LogP contribution in [0.5, 0.6) is 0 Å². The molecule has 0 aliphatic rings. The van der Waals surface area contributed by atoms with Crippen LogP contribution in [-0.4, -0.2) is 37.4 Å². The van der Waals surface area contributed by atoms with Crippen LogP contribution >= 0.6 is 0 Å². The van der Waals surface area contributed by atoms with E-state index in [9.17, 15) is 14.7 Å². The average Bonchev–Trinajstić information content (AvgIpc) is 3.02. The van der Waals surface area contributed by atoms with E-state index in [1.54, 1.807) is 37.4 Å². The third kappa shape index (κ3) is 4.53. The number of rotatable bonds is 4. The molecule has 0 saturated carbocycles. The molecule has 2 aromatic heterocycles. The molecule has 1 aromatic carbocycles. The number of aromatic carboxylic acids is 1. The van der Waals surface area contributed by atoms with E-state index in [4.69, 9.17) is 4.74 Å². The van der Waals surface area contributed by atoms with Gasteiger partial charge in [0.25, 0.3) is 0 Å². The van der Waals surface area contributed by atoms with Gasteiger partial charge in [0, 0.05) is 23.0 Å². The lowest BCUT2D eigenvalue weighted by atomic mass is 10.1. The molecular weight excluding hydrogens is 372 g/mol. The smallest absolute Gasteiger partial charge is 0.412 e. The fourth-order valence-corrected chi connectivity index (χ4v) is 2.98. The maximum atomic E-state index is 12.0. The molecule has 0 unspecified atom stereocenters. The quantitative estimate of drug-likeness (QED) is 0.681. The van der Waals surface area contributed by atoms with Gasteiger partial charge in [-0.15, -0.1) is 0 Å². The molecule has 0 bridgehead atoms. The van der Waals surface area contributed by atoms with Crippen LogP contribution in [0.3, 0.4) is 0 Å². The second-order valence-electron chi connectivity index (χ2n) is 7.75. The predicted molar refractivity (Wildman–Crippen MR) is 109 cm³/mol. The lowest BCUT2D eigenvalue weighted by Crippen LogP contribution is -2.27. The number of carbonyl (C=O) groups is 2. The number of nitrogens with zero attached hydrogens (tertiary/aromatic N) is 3. The van der Waals surface area contributed by atoms with Gasteiger partial charge in [-0.1, -0.05) is 13.0 Å². The third-order valence-corrected chi connectivity index (χ3v) is 4.23. The third-order valence-electron chi connectivity index (χ3n) is 4.23. The maximum Gasteiger partial charge on any atom is 0.412 e. The van der Waals surface area contributed by atoms with Crippen LogP contribution in [0.15, 0.2) is 30.3 Å². The molecule has 29 heavy (non-hydrogen) atoms. The molecule has 0 fully saturated rings. The monoisotopic (exact) mass is 396 g/mol. The van der Waals surface area contributed by atoms with Crippen LogP contribution in [0.25, 0.3) is 16.9 Å². The van der Waals surface area contributed by atoms with Gasteiger partial charge in [0.1, 0.15) is 5.60 Å². The summed E-state index contributed by atoms with van der Waals surface area (Å²) in [7, 11) is 0. The van der Waals surface area contributed by atoms with E-state index in [0.717, 1.165) is 16.8 Å². The lowest BCUT2D eigenvalue weighted by molar-refractivity contribution is 0.0634. The Kier molecular flexibility index (Phi) is 5.28. The van der Waals surface area contributed by atoms with Crippen LogP contribution in [0.1, 0.15) is 49.4 Å². The summed E-state index contributed by atoms with van der Waals surface area (Å²) < 4.78 is 6.93. The first-order valence-electron chi connectivity index (χ1n) is 9.31. The highest BCUT2D eigenvalue weighted by atomic mass is 16.6. The molecule has 8 heteroatoms. The van der Waals surface area contributed by atoms with E-state index in [0.29, 0.717) is 23.4 Å². The minimum atomic E-state index is -1.07. The Balaban J connectivity index is 1.93. The van der Waals surface area contributed by atoms with E-state index in [-0.39, 0.29) is 5.69 Å². The van der Waals surface area contributed by atoms with E-state index in [1.807, 2.05) is 26.0 Å². The van der Waals surface area contributed by atoms with Gasteiger partial charge in [0.15, 0.2) is 11.3 Å². The highest BCUT2D eigenvalue weighted by Gasteiger charge is 2.17. The predicted octanol–water partition coefficient (Wildman–Crippen LogP) is 4.31. The molecule has 152 valence electrons. The van der Waals surface area contributed by atoms with Gasteiger partial charge in [-0.25, -0.2) is 19.1 Å². The molecule has 0 saturated heterocycles. The van der Waals surface area contributed by atoms with Gasteiger partial charge in [0.05, 0.1) is 5.69 Å². The van der Waals surface area contributed by atoms with Gasteiger partial charge >= 0.3 is 12.1 Å². The second-order valence-corrected chi connectivity index (χ2v) is 7.75. The number of aryl methyl sites for hydroxylation is 2. The minimum absolute atomic E-state index is 0.00516. The van der Waals surface area contributed by atoms with E-state index >= 15 is 0 Å². The number of carboxylic acids is 1. The number of nitrogens with one attached hydrogen (secondary N) is 1. The molecule has 0 atom stereocenters. The number of fused-ring (bicyclic) bond motifs is 1. The Labute approximate surface area is 168 Å². The van der Waals surface area contributed by atoms with Gasteiger partial charge in [-0.2, -0.15) is 5.10 Å². The Hall–Kier alpha value is -3.42. The van der Waals surface area contributed by atoms with Crippen LogP contribution in [0.2, 0.25) is 0 Å². The summed E-state index contributed by atoms with van der Waals surface area (Å²) in [5, 5.41) is 16.6. The van der Waals surface area contributed by atoms with E-state index in [1.165, 1.54) is 6.07 Å². The molecule has 8 nitrogen and oxygen atoms in total. The second kappa shape index (κ2) is 7.54. The lowest BCUT2D eigenvalue weighted by Gasteiger charge is -2.19. The number of aromatic nitrogens is 3. The van der Waals surface area contributed by atoms with Crippen molar-refractivity contribution in [2.24, 2.45) is 0 Å². The number of benzene rings is 1. The molecule has 0 aliphatic carbocycles. The van der Waals surface area contributed by atoms with Crippen molar-refractivity contribution in [2.45, 2.75) is 46.6 Å². The molecule has 2 N–H and O–H groups in total. The Morgan fingerprint density at radius 1 is 1.21 bits per heavy atom. The summed E-state index contributed by atoms with van der Waals surface area (Å²) in [5.41, 5.74) is 3.72. The van der Waals surface area contributed by atoms with Crippen molar-refractivity contribution in [3.05, 3.63) is 47.3 Å². The first kappa shape index (κ1) is 20.3. The first-order valence-corrected chi connectivity index (χ1v) is 9.31. The van der Waals surface area contributed by atoms with E-state index in [2.05, 4.69) is 15.4 Å². The summed E-state index contributed by atoms with van der Waals surface area (Å²) in [5.74, 6) is -1.07. The van der Waals surface area contributed by atoms with Crippen molar-refractivity contribution in [3.63, 3.8) is 0 Å². The number of carboxylic acid groups (broad SMARTS) is 1. The minimum Gasteiger partial charge on any atom is -0.477 e. The number of ether oxygens (including phenoxy) is 1. The SMILES string of the molecule is CCc1cc(C(=O)O)nc2cc(-c3ccc(NC(=O)OC(C)(C)C)cc3C)nn12. The Morgan fingerprint density at radius 3 is 2.52 bits per heavy atom. The van der Waals surface area contributed by atoms with Crippen molar-refractivity contribution >= 4 is 23.4 Å². The normalized spacial score (nSPS) is 11.5. The standard InChI is InChI=1S/C21H24N4O4/c1-6-14-10-17(19(26)27)23-18-11-16(24-25(14)18)15-8-7-13(9-12(15)2)22-20(28)29-21(3,4)5/h7-11H,6H2,1-5H3,(H,22,28)(H,26,27). The van der Waals surface area contributed by atoms with Crippen molar-refractivity contribution in [3.8, 4) is 11.3 Å². The molecule has 3 aromatic rings. The Bertz CT molecular complexity index is 1100. The van der Waals surface area contributed by atoms with Crippen molar-refractivity contribution in [1.82, 2.24) is 14.6 Å². The van der Waals surface area contributed by atoms with Gasteiger partial charge in [-0.3, -0.25) is 5.32 Å². The average molecular weight is 396 g/mol. The summed E-state index contributed by atoms with van der Waals surface area (Å²) in [6.45, 7) is 9.26. The summed E-state index contributed by atoms with van der Waals surface area (Å²) in [6.07, 6.45) is 0.105. The summed E-state index contributed by atoms with van der Waals surface area (Å²) >= 11 is 0. The highest BCUT2D eigenvalue weighted by Crippen LogP contribution is 2.26. The van der Waals surface area contributed by atoms with Crippen LogP contribution in [0, 0.1) is 6.92 Å². The highest BCUT2D eigenvalue weighted by molar-refractivity contribution is 5.87. The zero-order valence-corrected chi connectivity index (χ0v) is 17.1. The fraction of sp³-hybridized carbons (Fsp3) is 0.333. The summed E-state index contributed by atoms with van der Waals surface area (Å²) in [6, 6.07) is 8.75. The number of hydrogen-bond donors (Lipinski definition) is 2. The van der Waals surface area contributed by atoms with Gasteiger partial charge in [0.2, 0.25) is 0 Å². The molecule has 2 heterocycles. The first-order chi connectivity index (χ1) is 13.6. The van der Waals surface area contributed by atoms with Crippen LogP contribution in [0.4, 0.5) is 10.5 Å². The number of amides is 1. The molecule has 0 radical (unpaired) electrons. The molecule has 0 spiro atoms. The van der Waals surface area contributed by atoms with Crippen LogP contribution in [-0.2, 0) is 11.2 Å². The molecule has 0 aliphatic heterocycles. The van der Waals surface area contributed by atoms with Crippen molar-refractivity contribution in [1.29, 1.82) is 0 Å². The topological polar surface area (TPSA) is 106 Å². The van der Waals surface area contributed by atoms with Gasteiger partial charge < -0.3 is 9.84 Å². The number of carbonyl (C=O) groups excluding carboxylic acids is 1. The fourth-order valence-electron chi connectivity index (χ4n) is 2.98. The molecular formula is C21H24N4O4. The van der Waals surface area contributed by atoms with Gasteiger partial charge in [-0.05, 0) is 57.9 Å². The number of hydrogen-bond acceptors (Lipinski definition) is 5. The zero-order chi connectivity index (χ0) is 21.3. The number of anilines is 1. The molecule has 1 amide bonds. The molecule has 3 rings (SSSR count). The van der Waals surface area contributed by atoms with E-state index < -0.39 is 17.7 Å². The largest absolute Gasteiger partial charge is 0.477 e.